The van der Waals surface area contributed by atoms with Crippen molar-refractivity contribution in [2.24, 2.45) is 0 Å². The number of benzene rings is 1. The summed E-state index contributed by atoms with van der Waals surface area (Å²) in [6, 6.07) is 1.17. The number of carboxylic acid groups (broad SMARTS) is 1. The molecule has 0 aliphatic carbocycles. The summed E-state index contributed by atoms with van der Waals surface area (Å²) in [7, 11) is 1.52. The third-order valence-corrected chi connectivity index (χ3v) is 5.67. The van der Waals surface area contributed by atoms with Gasteiger partial charge in [-0.25, -0.2) is 9.18 Å². The normalized spacial score (nSPS) is 14.6. The third kappa shape index (κ3) is 2.40. The van der Waals surface area contributed by atoms with Gasteiger partial charge in [-0.1, -0.05) is 0 Å². The monoisotopic (exact) mass is 376 g/mol. The molecule has 1 aliphatic rings. The van der Waals surface area contributed by atoms with Crippen LogP contribution in [0.1, 0.15) is 28.8 Å². The Morgan fingerprint density at radius 1 is 1.38 bits per heavy atom. The Kier molecular flexibility index (Phi) is 4.16. The number of carbonyl (C=O) groups is 1. The van der Waals surface area contributed by atoms with Crippen molar-refractivity contribution < 1.29 is 19.0 Å². The second kappa shape index (κ2) is 6.37. The van der Waals surface area contributed by atoms with Crippen molar-refractivity contribution in [2.75, 3.05) is 25.1 Å². The molecule has 6 nitrogen and oxygen atoms in total. The van der Waals surface area contributed by atoms with Crippen molar-refractivity contribution in [3.05, 3.63) is 44.8 Å². The first-order valence-corrected chi connectivity index (χ1v) is 9.16. The quantitative estimate of drug-likeness (QED) is 0.758. The number of aromatic carboxylic acids is 1. The third-order valence-electron chi connectivity index (χ3n) is 4.78. The highest BCUT2D eigenvalue weighted by molar-refractivity contribution is 7.16. The topological polar surface area (TPSA) is 71.2 Å². The molecule has 1 aliphatic heterocycles. The van der Waals surface area contributed by atoms with Gasteiger partial charge in [0.2, 0.25) is 5.43 Å². The Balaban J connectivity index is 2.19. The number of methoxy groups -OCH3 is 1. The van der Waals surface area contributed by atoms with E-state index in [0.717, 1.165) is 25.9 Å². The average Bonchev–Trinajstić information content (AvgIpc) is 3.26. The Morgan fingerprint density at radius 2 is 2.12 bits per heavy atom. The summed E-state index contributed by atoms with van der Waals surface area (Å²) in [5.41, 5.74) is 0.538. The lowest BCUT2D eigenvalue weighted by Gasteiger charge is -2.24. The van der Waals surface area contributed by atoms with Gasteiger partial charge >= 0.3 is 5.97 Å². The van der Waals surface area contributed by atoms with Gasteiger partial charge in [-0.05, 0) is 18.9 Å². The molecule has 2 aromatic heterocycles. The van der Waals surface area contributed by atoms with Crippen LogP contribution in [0.25, 0.3) is 15.7 Å². The van der Waals surface area contributed by atoms with E-state index in [4.69, 9.17) is 4.74 Å². The molecule has 1 saturated heterocycles. The number of nitrogens with zero attached hydrogens (tertiary/aromatic N) is 2. The molecule has 0 bridgehead atoms. The predicted octanol–water partition coefficient (Wildman–Crippen LogP) is 3.10. The summed E-state index contributed by atoms with van der Waals surface area (Å²) in [4.78, 5) is 26.7. The number of thiazole rings is 1. The fourth-order valence-electron chi connectivity index (χ4n) is 3.75. The summed E-state index contributed by atoms with van der Waals surface area (Å²) >= 11 is 1.17. The highest BCUT2D eigenvalue weighted by Crippen LogP contribution is 2.35. The van der Waals surface area contributed by atoms with Gasteiger partial charge in [0, 0.05) is 37.3 Å². The maximum Gasteiger partial charge on any atom is 0.342 e. The number of rotatable bonds is 4. The summed E-state index contributed by atoms with van der Waals surface area (Å²) < 4.78 is 22.0. The average molecular weight is 376 g/mol. The van der Waals surface area contributed by atoms with E-state index in [2.05, 4.69) is 0 Å². The summed E-state index contributed by atoms with van der Waals surface area (Å²) in [6.07, 6.45) is 3.67. The number of aromatic nitrogens is 1. The molecule has 3 aromatic rings. The molecule has 1 N–H and O–H groups in total. The van der Waals surface area contributed by atoms with E-state index in [1.54, 1.807) is 16.0 Å². The molecular formula is C18H17FN2O4S. The van der Waals surface area contributed by atoms with E-state index in [0.29, 0.717) is 21.6 Å². The SMILES string of the molecule is COCc1c(N2CCCC2)c(F)cc2c(=O)c(C(=O)O)c3sccn3c12. The van der Waals surface area contributed by atoms with Crippen molar-refractivity contribution >= 4 is 38.7 Å². The molecule has 8 heteroatoms. The molecule has 1 fully saturated rings. The molecular weight excluding hydrogens is 359 g/mol. The van der Waals surface area contributed by atoms with Gasteiger partial charge in [0.1, 0.15) is 16.2 Å². The minimum Gasteiger partial charge on any atom is -0.477 e. The first-order chi connectivity index (χ1) is 12.5. The number of hydrogen-bond donors (Lipinski definition) is 1. The van der Waals surface area contributed by atoms with E-state index in [9.17, 15) is 14.7 Å². The first kappa shape index (κ1) is 17.0. The minimum absolute atomic E-state index is 0.0609. The molecule has 0 saturated carbocycles. The highest BCUT2D eigenvalue weighted by Gasteiger charge is 2.27. The van der Waals surface area contributed by atoms with E-state index in [-0.39, 0.29) is 17.6 Å². The fraction of sp³-hybridized carbons (Fsp3) is 0.333. The molecule has 0 unspecified atom stereocenters. The summed E-state index contributed by atoms with van der Waals surface area (Å²) in [6.45, 7) is 1.62. The molecule has 1 aromatic carbocycles. The molecule has 3 heterocycles. The van der Waals surface area contributed by atoms with Crippen molar-refractivity contribution in [3.8, 4) is 0 Å². The minimum atomic E-state index is -1.31. The van der Waals surface area contributed by atoms with Gasteiger partial charge in [0.05, 0.1) is 23.2 Å². The molecule has 0 spiro atoms. The number of ether oxygens (including phenoxy) is 1. The van der Waals surface area contributed by atoms with Crippen LogP contribution >= 0.6 is 11.3 Å². The second-order valence-corrected chi connectivity index (χ2v) is 7.19. The van der Waals surface area contributed by atoms with Crippen molar-refractivity contribution in [3.63, 3.8) is 0 Å². The van der Waals surface area contributed by atoms with Crippen LogP contribution < -0.4 is 10.3 Å². The zero-order valence-electron chi connectivity index (χ0n) is 14.1. The molecule has 4 rings (SSSR count). The lowest BCUT2D eigenvalue weighted by atomic mass is 10.0. The number of halogens is 1. The van der Waals surface area contributed by atoms with Crippen LogP contribution in [0.2, 0.25) is 0 Å². The molecule has 0 radical (unpaired) electrons. The van der Waals surface area contributed by atoms with E-state index in [1.807, 2.05) is 4.90 Å². The highest BCUT2D eigenvalue weighted by atomic mass is 32.1. The number of anilines is 1. The van der Waals surface area contributed by atoms with E-state index < -0.39 is 17.2 Å². The van der Waals surface area contributed by atoms with Gasteiger partial charge in [-0.2, -0.15) is 0 Å². The van der Waals surface area contributed by atoms with Gasteiger partial charge in [0.25, 0.3) is 0 Å². The number of carboxylic acids is 1. The standard InChI is InChI=1S/C18H17FN2O4S/c1-25-9-11-14-10(8-12(19)15(11)20-4-2-3-5-20)16(22)13(18(23)24)17-21(14)6-7-26-17/h6-8H,2-5,9H2,1H3,(H,23,24). The predicted molar refractivity (Wildman–Crippen MR) is 98.1 cm³/mol. The van der Waals surface area contributed by atoms with Gasteiger partial charge in [-0.15, -0.1) is 11.3 Å². The maximum atomic E-state index is 15.0. The Labute approximate surface area is 152 Å². The number of hydrogen-bond acceptors (Lipinski definition) is 5. The smallest absolute Gasteiger partial charge is 0.342 e. The molecule has 26 heavy (non-hydrogen) atoms. The number of pyridine rings is 1. The van der Waals surface area contributed by atoms with Crippen LogP contribution in [0.5, 0.6) is 0 Å². The lowest BCUT2D eigenvalue weighted by Crippen LogP contribution is -2.23. The van der Waals surface area contributed by atoms with Crippen LogP contribution in [0, 0.1) is 5.82 Å². The zero-order valence-corrected chi connectivity index (χ0v) is 14.9. The lowest BCUT2D eigenvalue weighted by molar-refractivity contribution is 0.0697. The van der Waals surface area contributed by atoms with Crippen LogP contribution in [0.15, 0.2) is 22.4 Å². The summed E-state index contributed by atoms with van der Waals surface area (Å²) in [5.74, 6) is -1.83. The van der Waals surface area contributed by atoms with Crippen molar-refractivity contribution in [1.29, 1.82) is 0 Å². The van der Waals surface area contributed by atoms with Crippen LogP contribution in [-0.4, -0.2) is 35.7 Å². The Morgan fingerprint density at radius 3 is 2.77 bits per heavy atom. The van der Waals surface area contributed by atoms with Gasteiger partial charge < -0.3 is 19.1 Å². The Bertz CT molecular complexity index is 1080. The van der Waals surface area contributed by atoms with Crippen molar-refractivity contribution in [1.82, 2.24) is 4.40 Å². The largest absolute Gasteiger partial charge is 0.477 e. The summed E-state index contributed by atoms with van der Waals surface area (Å²) in [5, 5.41) is 11.3. The van der Waals surface area contributed by atoms with E-state index in [1.165, 1.54) is 24.5 Å². The van der Waals surface area contributed by atoms with Gasteiger partial charge in [0.15, 0.2) is 0 Å². The fourth-order valence-corrected chi connectivity index (χ4v) is 4.63. The van der Waals surface area contributed by atoms with Crippen LogP contribution in [-0.2, 0) is 11.3 Å². The first-order valence-electron chi connectivity index (χ1n) is 8.28. The molecule has 136 valence electrons. The van der Waals surface area contributed by atoms with Crippen LogP contribution in [0.3, 0.4) is 0 Å². The number of fused-ring (bicyclic) bond motifs is 3. The maximum absolute atomic E-state index is 15.0. The molecule has 0 atom stereocenters. The Hall–Kier alpha value is -2.45. The van der Waals surface area contributed by atoms with E-state index >= 15 is 4.39 Å². The van der Waals surface area contributed by atoms with Gasteiger partial charge in [-0.3, -0.25) is 4.79 Å². The van der Waals surface area contributed by atoms with Crippen molar-refractivity contribution in [2.45, 2.75) is 19.4 Å². The second-order valence-electron chi connectivity index (χ2n) is 6.30. The van der Waals surface area contributed by atoms with Crippen LogP contribution in [0.4, 0.5) is 10.1 Å². The molecule has 0 amide bonds. The zero-order chi connectivity index (χ0) is 18.4.